The molecule has 2 fully saturated rings. The van der Waals surface area contributed by atoms with Gasteiger partial charge in [-0.1, -0.05) is 6.92 Å². The molecule has 6 nitrogen and oxygen atoms in total. The number of sulfone groups is 1. The summed E-state index contributed by atoms with van der Waals surface area (Å²) < 4.78 is 27.3. The average molecular weight is 330 g/mol. The third-order valence-electron chi connectivity index (χ3n) is 4.40. The average Bonchev–Trinajstić information content (AvgIpc) is 2.96. The molecule has 0 saturated carbocycles. The number of nitrogens with zero attached hydrogens (tertiary/aromatic N) is 4. The second kappa shape index (κ2) is 6.18. The van der Waals surface area contributed by atoms with E-state index in [0.29, 0.717) is 30.6 Å². The minimum atomic E-state index is -2.78. The monoisotopic (exact) mass is 330 g/mol. The first-order chi connectivity index (χ1) is 10.1. The van der Waals surface area contributed by atoms with E-state index in [2.05, 4.69) is 26.1 Å². The van der Waals surface area contributed by atoms with Crippen LogP contribution in [0.15, 0.2) is 0 Å². The summed E-state index contributed by atoms with van der Waals surface area (Å²) in [5.74, 6) is 1.57. The summed E-state index contributed by atoms with van der Waals surface area (Å²) in [5, 5.41) is 1.03. The highest BCUT2D eigenvalue weighted by molar-refractivity contribution is 7.91. The van der Waals surface area contributed by atoms with Gasteiger partial charge in [-0.3, -0.25) is 4.90 Å². The third kappa shape index (κ3) is 3.54. The van der Waals surface area contributed by atoms with Gasteiger partial charge in [0.25, 0.3) is 0 Å². The summed E-state index contributed by atoms with van der Waals surface area (Å²) in [5.41, 5.74) is 0. The zero-order chi connectivity index (χ0) is 14.9. The minimum Gasteiger partial charge on any atom is -0.347 e. The Bertz CT molecular complexity index is 565. The molecule has 0 aliphatic carbocycles. The number of anilines is 1. The lowest BCUT2D eigenvalue weighted by Crippen LogP contribution is -2.50. The van der Waals surface area contributed by atoms with E-state index < -0.39 is 9.84 Å². The van der Waals surface area contributed by atoms with E-state index in [4.69, 9.17) is 0 Å². The molecule has 0 N–H and O–H groups in total. The summed E-state index contributed by atoms with van der Waals surface area (Å²) in [6.07, 6.45) is 3.05. The molecule has 0 bridgehead atoms. The van der Waals surface area contributed by atoms with Crippen molar-refractivity contribution in [1.29, 1.82) is 0 Å². The lowest BCUT2D eigenvalue weighted by atomic mass is 10.0. The van der Waals surface area contributed by atoms with Crippen molar-refractivity contribution in [3.8, 4) is 0 Å². The van der Waals surface area contributed by atoms with Crippen molar-refractivity contribution < 1.29 is 8.42 Å². The van der Waals surface area contributed by atoms with Crippen LogP contribution >= 0.6 is 11.5 Å². The van der Waals surface area contributed by atoms with Crippen LogP contribution in [-0.2, 0) is 16.3 Å². The molecule has 1 aromatic rings. The van der Waals surface area contributed by atoms with Gasteiger partial charge in [-0.2, -0.15) is 4.37 Å². The molecule has 0 amide bonds. The predicted octanol–water partition coefficient (Wildman–Crippen LogP) is 0.800. The Labute approximate surface area is 130 Å². The van der Waals surface area contributed by atoms with Gasteiger partial charge >= 0.3 is 0 Å². The van der Waals surface area contributed by atoms with Crippen LogP contribution < -0.4 is 4.90 Å². The van der Waals surface area contributed by atoms with Crippen LogP contribution in [0.3, 0.4) is 0 Å². The van der Waals surface area contributed by atoms with Gasteiger partial charge in [0.1, 0.15) is 5.82 Å². The van der Waals surface area contributed by atoms with Crippen molar-refractivity contribution in [3.05, 3.63) is 5.82 Å². The SMILES string of the molecule is CCc1nsc(N2CCC(N3CCS(=O)(=O)CC3)CC2)n1. The molecule has 3 rings (SSSR count). The molecule has 0 unspecified atom stereocenters. The van der Waals surface area contributed by atoms with Crippen LogP contribution in [0.2, 0.25) is 0 Å². The quantitative estimate of drug-likeness (QED) is 0.817. The van der Waals surface area contributed by atoms with Crippen LogP contribution in [-0.4, -0.2) is 66.4 Å². The van der Waals surface area contributed by atoms with Crippen molar-refractivity contribution >= 4 is 26.5 Å². The van der Waals surface area contributed by atoms with E-state index in [1.54, 1.807) is 0 Å². The third-order valence-corrected chi connectivity index (χ3v) is 6.83. The van der Waals surface area contributed by atoms with Crippen molar-refractivity contribution in [3.63, 3.8) is 0 Å². The second-order valence-corrected chi connectivity index (χ2v) is 8.79. The first kappa shape index (κ1) is 15.2. The number of aryl methyl sites for hydroxylation is 1. The molecule has 0 atom stereocenters. The van der Waals surface area contributed by atoms with Crippen molar-refractivity contribution in [2.45, 2.75) is 32.2 Å². The lowest BCUT2D eigenvalue weighted by molar-refractivity contribution is 0.182. The van der Waals surface area contributed by atoms with E-state index in [1.807, 2.05) is 0 Å². The van der Waals surface area contributed by atoms with Gasteiger partial charge in [0.2, 0.25) is 5.13 Å². The number of rotatable bonds is 3. The van der Waals surface area contributed by atoms with E-state index >= 15 is 0 Å². The van der Waals surface area contributed by atoms with Crippen LogP contribution in [0.1, 0.15) is 25.6 Å². The Morgan fingerprint density at radius 3 is 2.43 bits per heavy atom. The molecule has 0 spiro atoms. The van der Waals surface area contributed by atoms with Crippen LogP contribution in [0.5, 0.6) is 0 Å². The summed E-state index contributed by atoms with van der Waals surface area (Å²) in [6, 6.07) is 0.523. The van der Waals surface area contributed by atoms with Crippen molar-refractivity contribution in [2.75, 3.05) is 42.6 Å². The summed E-state index contributed by atoms with van der Waals surface area (Å²) >= 11 is 1.49. The largest absolute Gasteiger partial charge is 0.347 e. The standard InChI is InChI=1S/C13H22N4O2S2/c1-2-12-14-13(20-15-12)17-5-3-11(4-6-17)16-7-9-21(18,19)10-8-16/h11H,2-10H2,1H3. The Morgan fingerprint density at radius 1 is 1.19 bits per heavy atom. The molecule has 21 heavy (non-hydrogen) atoms. The maximum atomic E-state index is 11.5. The number of aromatic nitrogens is 2. The Hall–Kier alpha value is -0.730. The Morgan fingerprint density at radius 2 is 1.86 bits per heavy atom. The highest BCUT2D eigenvalue weighted by Crippen LogP contribution is 2.25. The Balaban J connectivity index is 1.53. The molecule has 118 valence electrons. The summed E-state index contributed by atoms with van der Waals surface area (Å²) in [6.45, 7) is 5.46. The second-order valence-electron chi connectivity index (χ2n) is 5.75. The van der Waals surface area contributed by atoms with Gasteiger partial charge in [0.05, 0.1) is 11.5 Å². The van der Waals surface area contributed by atoms with Crippen molar-refractivity contribution in [2.24, 2.45) is 0 Å². The fraction of sp³-hybridized carbons (Fsp3) is 0.846. The first-order valence-electron chi connectivity index (χ1n) is 7.59. The highest BCUT2D eigenvalue weighted by Gasteiger charge is 2.30. The van der Waals surface area contributed by atoms with Gasteiger partial charge in [-0.25, -0.2) is 13.4 Å². The Kier molecular flexibility index (Phi) is 4.46. The normalized spacial score (nSPS) is 24.3. The van der Waals surface area contributed by atoms with Gasteiger partial charge < -0.3 is 4.90 Å². The molecule has 2 aliphatic heterocycles. The highest BCUT2D eigenvalue weighted by atomic mass is 32.2. The van der Waals surface area contributed by atoms with Crippen LogP contribution in [0, 0.1) is 0 Å². The fourth-order valence-electron chi connectivity index (χ4n) is 3.03. The van der Waals surface area contributed by atoms with E-state index in [9.17, 15) is 8.42 Å². The fourth-order valence-corrected chi connectivity index (χ4v) is 5.06. The van der Waals surface area contributed by atoms with Gasteiger partial charge in [-0.05, 0) is 12.8 Å². The summed E-state index contributed by atoms with van der Waals surface area (Å²) in [7, 11) is -2.78. The molecule has 0 aromatic carbocycles. The predicted molar refractivity (Wildman–Crippen MR) is 84.7 cm³/mol. The molecule has 2 aliphatic rings. The van der Waals surface area contributed by atoms with Crippen LogP contribution in [0.25, 0.3) is 0 Å². The zero-order valence-electron chi connectivity index (χ0n) is 12.4. The number of hydrogen-bond donors (Lipinski definition) is 0. The van der Waals surface area contributed by atoms with E-state index in [1.165, 1.54) is 11.5 Å². The molecular weight excluding hydrogens is 308 g/mol. The zero-order valence-corrected chi connectivity index (χ0v) is 14.0. The van der Waals surface area contributed by atoms with Gasteiger partial charge in [-0.15, -0.1) is 0 Å². The molecule has 2 saturated heterocycles. The maximum absolute atomic E-state index is 11.5. The topological polar surface area (TPSA) is 66.4 Å². The van der Waals surface area contributed by atoms with Gasteiger partial charge in [0, 0.05) is 50.2 Å². The van der Waals surface area contributed by atoms with E-state index in [-0.39, 0.29) is 0 Å². The lowest BCUT2D eigenvalue weighted by Gasteiger charge is -2.39. The summed E-state index contributed by atoms with van der Waals surface area (Å²) in [4.78, 5) is 9.22. The first-order valence-corrected chi connectivity index (χ1v) is 10.2. The smallest absolute Gasteiger partial charge is 0.205 e. The molecular formula is C13H22N4O2S2. The van der Waals surface area contributed by atoms with E-state index in [0.717, 1.165) is 43.3 Å². The number of piperidine rings is 1. The molecule has 3 heterocycles. The van der Waals surface area contributed by atoms with Crippen LogP contribution in [0.4, 0.5) is 5.13 Å². The minimum absolute atomic E-state index is 0.323. The molecule has 0 radical (unpaired) electrons. The van der Waals surface area contributed by atoms with Gasteiger partial charge in [0.15, 0.2) is 9.84 Å². The van der Waals surface area contributed by atoms with Crippen molar-refractivity contribution in [1.82, 2.24) is 14.3 Å². The molecule has 8 heteroatoms. The maximum Gasteiger partial charge on any atom is 0.205 e. The number of hydrogen-bond acceptors (Lipinski definition) is 7. The molecule has 1 aromatic heterocycles.